The van der Waals surface area contributed by atoms with E-state index in [1.165, 1.54) is 18.5 Å². The van der Waals surface area contributed by atoms with E-state index in [0.29, 0.717) is 12.1 Å². The van der Waals surface area contributed by atoms with Gasteiger partial charge in [-0.1, -0.05) is 34.6 Å². The van der Waals surface area contributed by atoms with Gasteiger partial charge in [-0.05, 0) is 57.1 Å². The molecule has 0 aliphatic rings. The number of hydrogen-bond acceptors (Lipinski definition) is 2. The van der Waals surface area contributed by atoms with Gasteiger partial charge in [0.05, 0.1) is 11.7 Å². The van der Waals surface area contributed by atoms with Gasteiger partial charge in [0.1, 0.15) is 0 Å². The van der Waals surface area contributed by atoms with Gasteiger partial charge in [0, 0.05) is 12.2 Å². The van der Waals surface area contributed by atoms with Gasteiger partial charge < -0.3 is 5.32 Å². The van der Waals surface area contributed by atoms with Gasteiger partial charge in [-0.3, -0.25) is 4.68 Å². The van der Waals surface area contributed by atoms with Crippen molar-refractivity contribution in [2.24, 2.45) is 5.41 Å². The summed E-state index contributed by atoms with van der Waals surface area (Å²) < 4.78 is 2.16. The first kappa shape index (κ1) is 18.2. The van der Waals surface area contributed by atoms with Gasteiger partial charge >= 0.3 is 0 Å². The molecule has 1 atom stereocenters. The quantitative estimate of drug-likeness (QED) is 0.683. The van der Waals surface area contributed by atoms with E-state index >= 15 is 0 Å². The van der Waals surface area contributed by atoms with E-state index in [2.05, 4.69) is 63.8 Å². The SMILES string of the molecule is CCCNC(C)CC(C)(C)Cc1ccn(C(CC)CC)n1. The van der Waals surface area contributed by atoms with Gasteiger partial charge in [-0.2, -0.15) is 5.10 Å². The third kappa shape index (κ3) is 6.21. The molecule has 3 heteroatoms. The molecular weight excluding hydrogens is 258 g/mol. The average molecular weight is 293 g/mol. The monoisotopic (exact) mass is 293 g/mol. The lowest BCUT2D eigenvalue weighted by Gasteiger charge is -2.28. The Bertz CT molecular complexity index is 391. The van der Waals surface area contributed by atoms with Crippen LogP contribution in [0.5, 0.6) is 0 Å². The van der Waals surface area contributed by atoms with Crippen LogP contribution >= 0.6 is 0 Å². The number of rotatable bonds is 10. The van der Waals surface area contributed by atoms with Gasteiger partial charge in [0.2, 0.25) is 0 Å². The molecule has 0 bridgehead atoms. The molecule has 21 heavy (non-hydrogen) atoms. The predicted octanol–water partition coefficient (Wildman–Crippen LogP) is 4.59. The highest BCUT2D eigenvalue weighted by atomic mass is 15.3. The molecule has 0 aromatic carbocycles. The van der Waals surface area contributed by atoms with Crippen LogP contribution in [0.2, 0.25) is 0 Å². The van der Waals surface area contributed by atoms with Crippen molar-refractivity contribution < 1.29 is 0 Å². The molecule has 0 saturated heterocycles. The van der Waals surface area contributed by atoms with Gasteiger partial charge in [-0.25, -0.2) is 0 Å². The number of nitrogens with one attached hydrogen (secondary N) is 1. The van der Waals surface area contributed by atoms with Crippen molar-refractivity contribution in [1.29, 1.82) is 0 Å². The fourth-order valence-electron chi connectivity index (χ4n) is 3.19. The lowest BCUT2D eigenvalue weighted by molar-refractivity contribution is 0.283. The van der Waals surface area contributed by atoms with Crippen LogP contribution in [0.25, 0.3) is 0 Å². The maximum atomic E-state index is 4.80. The molecule has 1 unspecified atom stereocenters. The van der Waals surface area contributed by atoms with Crippen LogP contribution in [0, 0.1) is 5.41 Å². The summed E-state index contributed by atoms with van der Waals surface area (Å²) >= 11 is 0. The predicted molar refractivity (Wildman–Crippen MR) is 91.7 cm³/mol. The standard InChI is InChI=1S/C18H35N3/c1-7-11-19-15(4)13-18(5,6)14-16-10-12-21(20-16)17(8-2)9-3/h10,12,15,17,19H,7-9,11,13-14H2,1-6H3. The van der Waals surface area contributed by atoms with E-state index in [1.807, 2.05) is 0 Å². The van der Waals surface area contributed by atoms with Crippen molar-refractivity contribution in [2.75, 3.05) is 6.54 Å². The Morgan fingerprint density at radius 1 is 1.24 bits per heavy atom. The number of hydrogen-bond donors (Lipinski definition) is 1. The van der Waals surface area contributed by atoms with E-state index in [0.717, 1.165) is 25.8 Å². The topological polar surface area (TPSA) is 29.9 Å². The number of nitrogens with zero attached hydrogens (tertiary/aromatic N) is 2. The van der Waals surface area contributed by atoms with Crippen molar-refractivity contribution in [2.45, 2.75) is 85.7 Å². The minimum absolute atomic E-state index is 0.285. The van der Waals surface area contributed by atoms with Crippen LogP contribution in [0.15, 0.2) is 12.3 Å². The maximum Gasteiger partial charge on any atom is 0.0630 e. The van der Waals surface area contributed by atoms with Crippen molar-refractivity contribution in [3.63, 3.8) is 0 Å². The molecule has 1 heterocycles. The van der Waals surface area contributed by atoms with E-state index in [9.17, 15) is 0 Å². The first-order chi connectivity index (χ1) is 9.91. The molecule has 122 valence electrons. The van der Waals surface area contributed by atoms with Crippen molar-refractivity contribution >= 4 is 0 Å². The maximum absolute atomic E-state index is 4.80. The average Bonchev–Trinajstić information content (AvgIpc) is 2.84. The van der Waals surface area contributed by atoms with E-state index < -0.39 is 0 Å². The van der Waals surface area contributed by atoms with Crippen molar-refractivity contribution in [3.05, 3.63) is 18.0 Å². The summed E-state index contributed by atoms with van der Waals surface area (Å²) in [5.74, 6) is 0. The molecule has 0 amide bonds. The Balaban J connectivity index is 2.58. The Morgan fingerprint density at radius 2 is 1.90 bits per heavy atom. The van der Waals surface area contributed by atoms with E-state index in [4.69, 9.17) is 5.10 Å². The molecule has 0 fully saturated rings. The van der Waals surface area contributed by atoms with Crippen molar-refractivity contribution in [1.82, 2.24) is 15.1 Å². The highest BCUT2D eigenvalue weighted by Crippen LogP contribution is 2.27. The zero-order valence-corrected chi connectivity index (χ0v) is 14.9. The number of aromatic nitrogens is 2. The highest BCUT2D eigenvalue weighted by Gasteiger charge is 2.23. The summed E-state index contributed by atoms with van der Waals surface area (Å²) in [6, 6.07) is 3.32. The Labute approximate surface area is 131 Å². The Morgan fingerprint density at radius 3 is 2.48 bits per heavy atom. The minimum Gasteiger partial charge on any atom is -0.314 e. The second-order valence-corrected chi connectivity index (χ2v) is 7.16. The third-order valence-corrected chi connectivity index (χ3v) is 4.24. The normalized spacial score (nSPS) is 13.9. The molecule has 0 saturated carbocycles. The fraction of sp³-hybridized carbons (Fsp3) is 0.833. The zero-order chi connectivity index (χ0) is 15.9. The van der Waals surface area contributed by atoms with Crippen LogP contribution < -0.4 is 5.32 Å². The first-order valence-electron chi connectivity index (χ1n) is 8.69. The lowest BCUT2D eigenvalue weighted by Crippen LogP contribution is -2.32. The largest absolute Gasteiger partial charge is 0.314 e. The van der Waals surface area contributed by atoms with Crippen LogP contribution in [0.3, 0.4) is 0 Å². The lowest BCUT2D eigenvalue weighted by atomic mass is 9.82. The van der Waals surface area contributed by atoms with E-state index in [1.54, 1.807) is 0 Å². The van der Waals surface area contributed by atoms with E-state index in [-0.39, 0.29) is 5.41 Å². The molecule has 1 aromatic heterocycles. The summed E-state index contributed by atoms with van der Waals surface area (Å²) in [5.41, 5.74) is 1.52. The molecule has 0 radical (unpaired) electrons. The smallest absolute Gasteiger partial charge is 0.0630 e. The summed E-state index contributed by atoms with van der Waals surface area (Å²) in [6.45, 7) is 14.8. The summed E-state index contributed by atoms with van der Waals surface area (Å²) in [4.78, 5) is 0. The highest BCUT2D eigenvalue weighted by molar-refractivity contribution is 5.03. The molecule has 1 rings (SSSR count). The summed E-state index contributed by atoms with van der Waals surface area (Å²) in [5, 5.41) is 8.39. The molecule has 1 aromatic rings. The molecule has 3 nitrogen and oxygen atoms in total. The van der Waals surface area contributed by atoms with Crippen LogP contribution in [0.1, 0.15) is 79.0 Å². The Kier molecular flexibility index (Phi) is 7.44. The van der Waals surface area contributed by atoms with Gasteiger partial charge in [0.25, 0.3) is 0 Å². The molecule has 0 aliphatic carbocycles. The van der Waals surface area contributed by atoms with Gasteiger partial charge in [0.15, 0.2) is 0 Å². The summed E-state index contributed by atoms with van der Waals surface area (Å²) in [7, 11) is 0. The fourth-order valence-corrected chi connectivity index (χ4v) is 3.19. The molecule has 1 N–H and O–H groups in total. The van der Waals surface area contributed by atoms with Crippen LogP contribution in [0.4, 0.5) is 0 Å². The third-order valence-electron chi connectivity index (χ3n) is 4.24. The molecule has 0 aliphatic heterocycles. The minimum atomic E-state index is 0.285. The molecule has 0 spiro atoms. The summed E-state index contributed by atoms with van der Waals surface area (Å²) in [6.07, 6.45) is 7.90. The second kappa shape index (κ2) is 8.57. The second-order valence-electron chi connectivity index (χ2n) is 7.16. The first-order valence-corrected chi connectivity index (χ1v) is 8.69. The van der Waals surface area contributed by atoms with Crippen LogP contribution in [-0.4, -0.2) is 22.4 Å². The molecular formula is C18H35N3. The Hall–Kier alpha value is -0.830. The van der Waals surface area contributed by atoms with Gasteiger partial charge in [-0.15, -0.1) is 0 Å². The van der Waals surface area contributed by atoms with Crippen molar-refractivity contribution in [3.8, 4) is 0 Å². The van der Waals surface area contributed by atoms with Crippen LogP contribution in [-0.2, 0) is 6.42 Å². The zero-order valence-electron chi connectivity index (χ0n) is 14.9.